The van der Waals surface area contributed by atoms with Gasteiger partial charge in [0.15, 0.2) is 0 Å². The van der Waals surface area contributed by atoms with Crippen LogP contribution in [0.15, 0.2) is 45.6 Å². The minimum absolute atomic E-state index is 0.0724. The molecule has 28 heavy (non-hydrogen) atoms. The largest absolute Gasteiger partial charge is 0.368 e. The predicted octanol–water partition coefficient (Wildman–Crippen LogP) is 4.50. The fraction of sp³-hybridized carbons (Fsp3) is 0.222. The summed E-state index contributed by atoms with van der Waals surface area (Å²) in [6.07, 6.45) is 0. The molecule has 10 heteroatoms. The molecule has 1 saturated heterocycles. The average Bonchev–Trinajstić information content (AvgIpc) is 3.37. The number of thiophene rings is 1. The summed E-state index contributed by atoms with van der Waals surface area (Å²) in [5.74, 6) is -0.0724. The van der Waals surface area contributed by atoms with E-state index < -0.39 is 4.92 Å². The standard InChI is InChI=1S/C18H15BrN4O3S2/c19-12-8-16(27-10-12)17-20-15(11-28-17)18(24)22-6-4-21(5-7-22)13-2-1-3-14(9-13)23(25)26/h1-3,8-11H,4-7H2. The Morgan fingerprint density at radius 3 is 2.61 bits per heavy atom. The molecule has 1 fully saturated rings. The third-order valence-electron chi connectivity index (χ3n) is 4.47. The lowest BCUT2D eigenvalue weighted by molar-refractivity contribution is -0.384. The van der Waals surface area contributed by atoms with E-state index in [9.17, 15) is 14.9 Å². The van der Waals surface area contributed by atoms with E-state index in [4.69, 9.17) is 0 Å². The minimum Gasteiger partial charge on any atom is -0.368 e. The van der Waals surface area contributed by atoms with Gasteiger partial charge in [-0.1, -0.05) is 6.07 Å². The maximum absolute atomic E-state index is 12.8. The first kappa shape index (κ1) is 19.0. The number of anilines is 1. The van der Waals surface area contributed by atoms with Gasteiger partial charge in [0.25, 0.3) is 11.6 Å². The summed E-state index contributed by atoms with van der Waals surface area (Å²) in [5, 5.41) is 15.6. The first-order valence-electron chi connectivity index (χ1n) is 8.50. The highest BCUT2D eigenvalue weighted by molar-refractivity contribution is 9.10. The van der Waals surface area contributed by atoms with Crippen LogP contribution in [-0.2, 0) is 0 Å². The van der Waals surface area contributed by atoms with E-state index in [1.54, 1.807) is 33.7 Å². The number of hydrogen-bond acceptors (Lipinski definition) is 7. The molecular weight excluding hydrogens is 464 g/mol. The van der Waals surface area contributed by atoms with Gasteiger partial charge in [-0.2, -0.15) is 0 Å². The number of carbonyl (C=O) groups excluding carboxylic acids is 1. The Labute approximate surface area is 177 Å². The van der Waals surface area contributed by atoms with E-state index in [-0.39, 0.29) is 11.6 Å². The molecule has 1 aromatic carbocycles. The van der Waals surface area contributed by atoms with Crippen LogP contribution in [0.2, 0.25) is 0 Å². The third kappa shape index (κ3) is 3.94. The number of benzene rings is 1. The monoisotopic (exact) mass is 478 g/mol. The van der Waals surface area contributed by atoms with Gasteiger partial charge in [0.1, 0.15) is 10.7 Å². The van der Waals surface area contributed by atoms with E-state index in [1.807, 2.05) is 17.5 Å². The zero-order valence-electron chi connectivity index (χ0n) is 14.6. The number of nitro groups is 1. The van der Waals surface area contributed by atoms with Gasteiger partial charge in [0.05, 0.1) is 9.80 Å². The summed E-state index contributed by atoms with van der Waals surface area (Å²) in [7, 11) is 0. The summed E-state index contributed by atoms with van der Waals surface area (Å²) in [5.41, 5.74) is 1.35. The van der Waals surface area contributed by atoms with Crippen LogP contribution in [0.25, 0.3) is 9.88 Å². The van der Waals surface area contributed by atoms with Gasteiger partial charge < -0.3 is 9.80 Å². The van der Waals surface area contributed by atoms with Gasteiger partial charge in [-0.3, -0.25) is 14.9 Å². The Morgan fingerprint density at radius 1 is 1.14 bits per heavy atom. The van der Waals surface area contributed by atoms with E-state index >= 15 is 0 Å². The van der Waals surface area contributed by atoms with E-state index in [2.05, 4.69) is 25.8 Å². The van der Waals surface area contributed by atoms with Gasteiger partial charge in [-0.05, 0) is 28.1 Å². The Balaban J connectivity index is 1.41. The lowest BCUT2D eigenvalue weighted by Gasteiger charge is -2.35. The van der Waals surface area contributed by atoms with Crippen molar-refractivity contribution >= 4 is 55.9 Å². The molecule has 1 amide bonds. The molecule has 2 aromatic heterocycles. The van der Waals surface area contributed by atoms with Crippen LogP contribution in [0.5, 0.6) is 0 Å². The third-order valence-corrected chi connectivity index (χ3v) is 7.18. The van der Waals surface area contributed by atoms with E-state index in [0.29, 0.717) is 31.9 Å². The van der Waals surface area contributed by atoms with Crippen LogP contribution < -0.4 is 4.90 Å². The zero-order chi connectivity index (χ0) is 19.7. The quantitative estimate of drug-likeness (QED) is 0.407. The smallest absolute Gasteiger partial charge is 0.273 e. The average molecular weight is 479 g/mol. The summed E-state index contributed by atoms with van der Waals surface area (Å²) in [4.78, 5) is 32.8. The minimum atomic E-state index is -0.394. The fourth-order valence-corrected chi connectivity index (χ4v) is 5.34. The number of aromatic nitrogens is 1. The molecule has 0 aliphatic carbocycles. The van der Waals surface area contributed by atoms with Crippen LogP contribution in [0, 0.1) is 10.1 Å². The molecule has 0 bridgehead atoms. The number of carbonyl (C=O) groups is 1. The van der Waals surface area contributed by atoms with E-state index in [0.717, 1.165) is 20.0 Å². The number of thiazole rings is 1. The molecular formula is C18H15BrN4O3S2. The molecule has 0 radical (unpaired) electrons. The summed E-state index contributed by atoms with van der Waals surface area (Å²) in [6, 6.07) is 8.59. The number of halogens is 1. The molecule has 3 aromatic rings. The molecule has 3 heterocycles. The van der Waals surface area contributed by atoms with Gasteiger partial charge in [0.2, 0.25) is 0 Å². The van der Waals surface area contributed by atoms with Gasteiger partial charge in [-0.25, -0.2) is 4.98 Å². The number of non-ortho nitro benzene ring substituents is 1. The molecule has 0 N–H and O–H groups in total. The van der Waals surface area contributed by atoms with Crippen molar-refractivity contribution < 1.29 is 9.72 Å². The van der Waals surface area contributed by atoms with Crippen molar-refractivity contribution in [1.82, 2.24) is 9.88 Å². The Bertz CT molecular complexity index is 1030. The van der Waals surface area contributed by atoms with Crippen LogP contribution in [-0.4, -0.2) is 46.9 Å². The second kappa shape index (κ2) is 7.98. The van der Waals surface area contributed by atoms with Crippen LogP contribution in [0.3, 0.4) is 0 Å². The van der Waals surface area contributed by atoms with E-state index in [1.165, 1.54) is 17.4 Å². The molecule has 0 atom stereocenters. The lowest BCUT2D eigenvalue weighted by Crippen LogP contribution is -2.48. The molecule has 0 unspecified atom stereocenters. The van der Waals surface area contributed by atoms with Crippen molar-refractivity contribution in [3.05, 3.63) is 61.4 Å². The highest BCUT2D eigenvalue weighted by atomic mass is 79.9. The normalized spacial score (nSPS) is 14.3. The lowest BCUT2D eigenvalue weighted by atomic mass is 10.2. The number of amides is 1. The van der Waals surface area contributed by atoms with Crippen molar-refractivity contribution in [1.29, 1.82) is 0 Å². The molecule has 0 spiro atoms. The molecule has 144 valence electrons. The Hall–Kier alpha value is -2.30. The highest BCUT2D eigenvalue weighted by Gasteiger charge is 2.25. The molecule has 4 rings (SSSR count). The number of nitro benzene ring substituents is 1. The SMILES string of the molecule is O=C(c1csc(-c2cc(Br)cs2)n1)N1CCN(c2cccc([N+](=O)[O-])c2)CC1. The Kier molecular flexibility index (Phi) is 5.42. The van der Waals surface area contributed by atoms with Crippen molar-refractivity contribution in [3.8, 4) is 9.88 Å². The number of hydrogen-bond donors (Lipinski definition) is 0. The highest BCUT2D eigenvalue weighted by Crippen LogP contribution is 2.32. The molecule has 1 aliphatic heterocycles. The predicted molar refractivity (Wildman–Crippen MR) is 114 cm³/mol. The van der Waals surface area contributed by atoms with Crippen LogP contribution >= 0.6 is 38.6 Å². The fourth-order valence-electron chi connectivity index (χ4n) is 3.04. The van der Waals surface area contributed by atoms with Crippen molar-refractivity contribution in [2.75, 3.05) is 31.1 Å². The molecule has 0 saturated carbocycles. The Morgan fingerprint density at radius 2 is 1.93 bits per heavy atom. The maximum Gasteiger partial charge on any atom is 0.273 e. The van der Waals surface area contributed by atoms with Gasteiger partial charge >= 0.3 is 0 Å². The summed E-state index contributed by atoms with van der Waals surface area (Å²) < 4.78 is 1.01. The van der Waals surface area contributed by atoms with Crippen molar-refractivity contribution in [2.24, 2.45) is 0 Å². The van der Waals surface area contributed by atoms with Crippen LogP contribution in [0.1, 0.15) is 10.5 Å². The number of rotatable bonds is 4. The van der Waals surface area contributed by atoms with Crippen LogP contribution in [0.4, 0.5) is 11.4 Å². The summed E-state index contributed by atoms with van der Waals surface area (Å²) >= 11 is 6.49. The molecule has 1 aliphatic rings. The zero-order valence-corrected chi connectivity index (χ0v) is 17.8. The van der Waals surface area contributed by atoms with Gasteiger partial charge in [0, 0.05) is 59.2 Å². The van der Waals surface area contributed by atoms with Gasteiger partial charge in [-0.15, -0.1) is 22.7 Å². The first-order valence-corrected chi connectivity index (χ1v) is 11.0. The number of piperazine rings is 1. The second-order valence-electron chi connectivity index (χ2n) is 6.22. The summed E-state index contributed by atoms with van der Waals surface area (Å²) in [6.45, 7) is 2.36. The molecule has 7 nitrogen and oxygen atoms in total. The maximum atomic E-state index is 12.8. The second-order valence-corrected chi connectivity index (χ2v) is 8.91. The van der Waals surface area contributed by atoms with Crippen molar-refractivity contribution in [2.45, 2.75) is 0 Å². The number of nitrogens with zero attached hydrogens (tertiary/aromatic N) is 4. The topological polar surface area (TPSA) is 79.6 Å². The van der Waals surface area contributed by atoms with Crippen molar-refractivity contribution in [3.63, 3.8) is 0 Å². The first-order chi connectivity index (χ1) is 13.5.